The number of carbonyl (C=O) groups excluding carboxylic acids is 2. The highest BCUT2D eigenvalue weighted by atomic mass is 79.9. The molecule has 0 fully saturated rings. The van der Waals surface area contributed by atoms with Gasteiger partial charge in [0.2, 0.25) is 5.91 Å². The number of rotatable bonds is 4. The lowest BCUT2D eigenvalue weighted by Crippen LogP contribution is -2.14. The van der Waals surface area contributed by atoms with Crippen LogP contribution in [0.15, 0.2) is 46.9 Å². The zero-order valence-electron chi connectivity index (χ0n) is 10.9. The van der Waals surface area contributed by atoms with Crippen molar-refractivity contribution in [2.24, 2.45) is 5.73 Å². The van der Waals surface area contributed by atoms with Gasteiger partial charge in [-0.2, -0.15) is 0 Å². The van der Waals surface area contributed by atoms with Gasteiger partial charge in [-0.1, -0.05) is 39.7 Å². The van der Waals surface area contributed by atoms with E-state index in [2.05, 4.69) is 21.2 Å². The van der Waals surface area contributed by atoms with Gasteiger partial charge < -0.3 is 11.1 Å². The second-order valence-corrected chi connectivity index (χ2v) is 5.74. The highest BCUT2D eigenvalue weighted by molar-refractivity contribution is 9.10. The molecule has 0 unspecified atom stereocenters. The van der Waals surface area contributed by atoms with E-state index in [1.54, 1.807) is 42.5 Å². The van der Waals surface area contributed by atoms with Gasteiger partial charge in [0.15, 0.2) is 0 Å². The Morgan fingerprint density at radius 1 is 1.14 bits per heavy atom. The molecule has 0 saturated heterocycles. The summed E-state index contributed by atoms with van der Waals surface area (Å²) in [7, 11) is 0. The summed E-state index contributed by atoms with van der Waals surface area (Å²) in [6.45, 7) is 0. The molecule has 2 aromatic rings. The number of amides is 2. The van der Waals surface area contributed by atoms with E-state index in [0.717, 1.165) is 10.0 Å². The Labute approximate surface area is 135 Å². The van der Waals surface area contributed by atoms with E-state index in [-0.39, 0.29) is 12.3 Å². The van der Waals surface area contributed by atoms with Crippen molar-refractivity contribution < 1.29 is 9.59 Å². The van der Waals surface area contributed by atoms with E-state index in [4.69, 9.17) is 17.3 Å². The van der Waals surface area contributed by atoms with Crippen LogP contribution in [-0.4, -0.2) is 11.8 Å². The van der Waals surface area contributed by atoms with Crippen LogP contribution in [0.2, 0.25) is 5.02 Å². The van der Waals surface area contributed by atoms with Gasteiger partial charge >= 0.3 is 0 Å². The lowest BCUT2D eigenvalue weighted by molar-refractivity contribution is -0.117. The molecule has 0 aliphatic carbocycles. The van der Waals surface area contributed by atoms with E-state index in [1.165, 1.54) is 0 Å². The Morgan fingerprint density at radius 2 is 1.81 bits per heavy atom. The molecule has 3 N–H and O–H groups in total. The standard InChI is InChI=1S/C15H12BrClN2O2/c16-10-3-6-13(17)12(8-10)15(21)19-11-4-1-9(2-5-11)7-14(18)20/h1-6,8H,7H2,(H2,18,20)(H,19,21). The predicted molar refractivity (Wildman–Crippen MR) is 86.4 cm³/mol. The first-order valence-electron chi connectivity index (χ1n) is 6.09. The fourth-order valence-corrected chi connectivity index (χ4v) is 2.34. The third-order valence-corrected chi connectivity index (χ3v) is 3.59. The number of primary amides is 1. The van der Waals surface area contributed by atoms with Gasteiger partial charge in [-0.05, 0) is 35.9 Å². The molecule has 4 nitrogen and oxygen atoms in total. The zero-order valence-corrected chi connectivity index (χ0v) is 13.2. The molecule has 2 aromatic carbocycles. The van der Waals surface area contributed by atoms with Crippen LogP contribution in [0.25, 0.3) is 0 Å². The number of hydrogen-bond donors (Lipinski definition) is 2. The maximum atomic E-state index is 12.2. The van der Waals surface area contributed by atoms with Gasteiger partial charge in [0.05, 0.1) is 17.0 Å². The average molecular weight is 368 g/mol. The molecule has 6 heteroatoms. The van der Waals surface area contributed by atoms with Gasteiger partial charge in [-0.25, -0.2) is 0 Å². The molecule has 0 bridgehead atoms. The van der Waals surface area contributed by atoms with Gasteiger partial charge in [0.25, 0.3) is 5.91 Å². The van der Waals surface area contributed by atoms with E-state index in [9.17, 15) is 9.59 Å². The number of hydrogen-bond acceptors (Lipinski definition) is 2. The summed E-state index contributed by atoms with van der Waals surface area (Å²) in [6.07, 6.45) is 0.172. The van der Waals surface area contributed by atoms with Crippen molar-refractivity contribution in [3.8, 4) is 0 Å². The normalized spacial score (nSPS) is 10.2. The van der Waals surface area contributed by atoms with Crippen LogP contribution < -0.4 is 11.1 Å². The molecule has 0 aromatic heterocycles. The van der Waals surface area contributed by atoms with Crippen LogP contribution in [0.4, 0.5) is 5.69 Å². The molecule has 0 spiro atoms. The number of anilines is 1. The van der Waals surface area contributed by atoms with Gasteiger partial charge in [0, 0.05) is 10.2 Å². The third kappa shape index (κ3) is 4.31. The molecule has 0 radical (unpaired) electrons. The maximum absolute atomic E-state index is 12.2. The second kappa shape index (κ2) is 6.74. The minimum absolute atomic E-state index is 0.172. The Hall–Kier alpha value is -1.85. The Kier molecular flexibility index (Phi) is 4.98. The molecule has 0 saturated carbocycles. The monoisotopic (exact) mass is 366 g/mol. The van der Waals surface area contributed by atoms with Gasteiger partial charge in [-0.15, -0.1) is 0 Å². The first-order chi connectivity index (χ1) is 9.95. The van der Waals surface area contributed by atoms with Crippen molar-refractivity contribution >= 4 is 45.0 Å². The van der Waals surface area contributed by atoms with Crippen LogP contribution in [0.3, 0.4) is 0 Å². The van der Waals surface area contributed by atoms with Crippen molar-refractivity contribution in [1.29, 1.82) is 0 Å². The minimum Gasteiger partial charge on any atom is -0.369 e. The van der Waals surface area contributed by atoms with Crippen LogP contribution in [-0.2, 0) is 11.2 Å². The first kappa shape index (κ1) is 15.5. The second-order valence-electron chi connectivity index (χ2n) is 4.42. The minimum atomic E-state index is -0.396. The van der Waals surface area contributed by atoms with Crippen molar-refractivity contribution in [2.75, 3.05) is 5.32 Å². The number of halogens is 2. The van der Waals surface area contributed by atoms with E-state index in [0.29, 0.717) is 16.3 Å². The van der Waals surface area contributed by atoms with Crippen LogP contribution in [0.5, 0.6) is 0 Å². The van der Waals surface area contributed by atoms with Gasteiger partial charge in [-0.3, -0.25) is 9.59 Å². The average Bonchev–Trinajstić information content (AvgIpc) is 2.43. The quantitative estimate of drug-likeness (QED) is 0.869. The Bertz CT molecular complexity index is 687. The summed E-state index contributed by atoms with van der Waals surface area (Å²) >= 11 is 9.31. The summed E-state index contributed by atoms with van der Waals surface area (Å²) in [6, 6.07) is 12.0. The van der Waals surface area contributed by atoms with Crippen molar-refractivity contribution in [1.82, 2.24) is 0 Å². The highest BCUT2D eigenvalue weighted by Gasteiger charge is 2.11. The van der Waals surface area contributed by atoms with E-state index in [1.807, 2.05) is 0 Å². The van der Waals surface area contributed by atoms with Crippen LogP contribution >= 0.6 is 27.5 Å². The fourth-order valence-electron chi connectivity index (χ4n) is 1.78. The maximum Gasteiger partial charge on any atom is 0.257 e. The number of nitrogens with two attached hydrogens (primary N) is 1. The molecular formula is C15H12BrClN2O2. The summed E-state index contributed by atoms with van der Waals surface area (Å²) in [5, 5.41) is 3.12. The van der Waals surface area contributed by atoms with Crippen molar-refractivity contribution in [3.63, 3.8) is 0 Å². The van der Waals surface area contributed by atoms with Crippen LogP contribution in [0, 0.1) is 0 Å². The lowest BCUT2D eigenvalue weighted by atomic mass is 10.1. The number of carbonyl (C=O) groups is 2. The third-order valence-electron chi connectivity index (χ3n) is 2.76. The molecule has 0 heterocycles. The van der Waals surface area contributed by atoms with Gasteiger partial charge in [0.1, 0.15) is 0 Å². The Morgan fingerprint density at radius 3 is 2.43 bits per heavy atom. The van der Waals surface area contributed by atoms with Crippen LogP contribution in [0.1, 0.15) is 15.9 Å². The molecule has 0 aliphatic heterocycles. The molecule has 108 valence electrons. The molecule has 2 amide bonds. The topological polar surface area (TPSA) is 72.2 Å². The van der Waals surface area contributed by atoms with Crippen molar-refractivity contribution in [3.05, 3.63) is 63.1 Å². The summed E-state index contributed by atoms with van der Waals surface area (Å²) in [4.78, 5) is 23.0. The molecule has 21 heavy (non-hydrogen) atoms. The smallest absolute Gasteiger partial charge is 0.257 e. The Balaban J connectivity index is 2.12. The SMILES string of the molecule is NC(=O)Cc1ccc(NC(=O)c2cc(Br)ccc2Cl)cc1. The zero-order chi connectivity index (χ0) is 15.4. The summed E-state index contributed by atoms with van der Waals surface area (Å²) in [5.74, 6) is -0.698. The number of nitrogens with one attached hydrogen (secondary N) is 1. The van der Waals surface area contributed by atoms with E-state index < -0.39 is 5.91 Å². The largest absolute Gasteiger partial charge is 0.369 e. The molecule has 0 atom stereocenters. The van der Waals surface area contributed by atoms with E-state index >= 15 is 0 Å². The molecular weight excluding hydrogens is 356 g/mol. The van der Waals surface area contributed by atoms with Crippen molar-refractivity contribution in [2.45, 2.75) is 6.42 Å². The molecule has 0 aliphatic rings. The number of benzene rings is 2. The lowest BCUT2D eigenvalue weighted by Gasteiger charge is -2.08. The fraction of sp³-hybridized carbons (Fsp3) is 0.0667. The highest BCUT2D eigenvalue weighted by Crippen LogP contribution is 2.22. The summed E-state index contributed by atoms with van der Waals surface area (Å²) in [5.41, 5.74) is 6.91. The predicted octanol–water partition coefficient (Wildman–Crippen LogP) is 3.38. The molecule has 2 rings (SSSR count). The first-order valence-corrected chi connectivity index (χ1v) is 7.26. The summed E-state index contributed by atoms with van der Waals surface area (Å²) < 4.78 is 0.772.